The largest absolute Gasteiger partial charge is 0.288 e. The van der Waals surface area contributed by atoms with Crippen LogP contribution in [0, 0.1) is 0 Å². The van der Waals surface area contributed by atoms with Crippen LogP contribution >= 0.6 is 23.2 Å². The molecule has 15 heavy (non-hydrogen) atoms. The van der Waals surface area contributed by atoms with Crippen molar-refractivity contribution in [1.29, 1.82) is 0 Å². The summed E-state index contributed by atoms with van der Waals surface area (Å²) in [7, 11) is 0. The summed E-state index contributed by atoms with van der Waals surface area (Å²) in [5, 5.41) is 0.775. The summed E-state index contributed by atoms with van der Waals surface area (Å²) in [6.07, 6.45) is 2.64. The van der Waals surface area contributed by atoms with Crippen molar-refractivity contribution >= 4 is 23.2 Å². The first-order valence-corrected chi connectivity index (χ1v) is 5.45. The van der Waals surface area contributed by atoms with E-state index in [2.05, 4.69) is 24.0 Å². The number of aromatic nitrogens is 2. The molecule has 0 spiro atoms. The van der Waals surface area contributed by atoms with Crippen LogP contribution in [-0.4, -0.2) is 9.55 Å². The highest BCUT2D eigenvalue weighted by Crippen LogP contribution is 2.23. The molecule has 2 nitrogen and oxygen atoms in total. The Hall–Kier alpha value is -0.990. The minimum Gasteiger partial charge on any atom is -0.288 e. The van der Waals surface area contributed by atoms with Crippen molar-refractivity contribution in [1.82, 2.24) is 9.55 Å². The van der Waals surface area contributed by atoms with Gasteiger partial charge in [0.1, 0.15) is 6.33 Å². The van der Waals surface area contributed by atoms with E-state index >= 15 is 0 Å². The molecule has 2 aromatic rings. The SMILES string of the molecule is CCc1ccc(-n2cnc(Cl)c2Cl)cc1. The predicted octanol–water partition coefficient (Wildman–Crippen LogP) is 3.74. The Morgan fingerprint density at radius 2 is 1.87 bits per heavy atom. The third-order valence-electron chi connectivity index (χ3n) is 2.29. The average Bonchev–Trinajstić information content (AvgIpc) is 2.60. The van der Waals surface area contributed by atoms with Crippen LogP contribution in [0.15, 0.2) is 30.6 Å². The summed E-state index contributed by atoms with van der Waals surface area (Å²) in [6, 6.07) is 8.14. The number of hydrogen-bond acceptors (Lipinski definition) is 1. The first kappa shape index (κ1) is 10.5. The van der Waals surface area contributed by atoms with Crippen molar-refractivity contribution in [2.45, 2.75) is 13.3 Å². The summed E-state index contributed by atoms with van der Waals surface area (Å²) >= 11 is 11.8. The molecule has 0 aliphatic rings. The van der Waals surface area contributed by atoms with E-state index in [1.54, 1.807) is 10.9 Å². The maximum Gasteiger partial charge on any atom is 0.166 e. The van der Waals surface area contributed by atoms with Gasteiger partial charge in [-0.3, -0.25) is 4.57 Å². The van der Waals surface area contributed by atoms with E-state index in [0.717, 1.165) is 12.1 Å². The molecule has 2 rings (SSSR count). The second-order valence-corrected chi connectivity index (χ2v) is 3.93. The molecule has 0 bridgehead atoms. The molecule has 0 saturated carbocycles. The Labute approximate surface area is 98.5 Å². The highest BCUT2D eigenvalue weighted by molar-refractivity contribution is 6.40. The van der Waals surface area contributed by atoms with Crippen molar-refractivity contribution in [2.75, 3.05) is 0 Å². The molecule has 4 heteroatoms. The standard InChI is InChI=1S/C11H10Cl2N2/c1-2-8-3-5-9(6-4-8)15-7-14-10(12)11(15)13/h3-7H,2H2,1H3. The van der Waals surface area contributed by atoms with Gasteiger partial charge in [-0.1, -0.05) is 42.3 Å². The second kappa shape index (κ2) is 4.25. The fourth-order valence-corrected chi connectivity index (χ4v) is 1.71. The van der Waals surface area contributed by atoms with Gasteiger partial charge in [-0.15, -0.1) is 0 Å². The van der Waals surface area contributed by atoms with Gasteiger partial charge in [-0.05, 0) is 24.1 Å². The molecule has 1 aromatic carbocycles. The van der Waals surface area contributed by atoms with Crippen LogP contribution < -0.4 is 0 Å². The number of aryl methyl sites for hydroxylation is 1. The number of imidazole rings is 1. The van der Waals surface area contributed by atoms with Gasteiger partial charge in [0, 0.05) is 5.69 Å². The van der Waals surface area contributed by atoms with E-state index in [1.807, 2.05) is 12.1 Å². The lowest BCUT2D eigenvalue weighted by Crippen LogP contribution is -1.92. The molecule has 1 heterocycles. The number of benzene rings is 1. The third kappa shape index (κ3) is 2.01. The molecule has 0 aliphatic carbocycles. The van der Waals surface area contributed by atoms with Gasteiger partial charge in [0.2, 0.25) is 0 Å². The average molecular weight is 241 g/mol. The van der Waals surface area contributed by atoms with Crippen molar-refractivity contribution in [3.8, 4) is 5.69 Å². The van der Waals surface area contributed by atoms with E-state index in [4.69, 9.17) is 23.2 Å². The van der Waals surface area contributed by atoms with Gasteiger partial charge in [-0.25, -0.2) is 4.98 Å². The zero-order valence-electron chi connectivity index (χ0n) is 8.24. The van der Waals surface area contributed by atoms with Crippen LogP contribution in [-0.2, 0) is 6.42 Å². The quantitative estimate of drug-likeness (QED) is 0.783. The van der Waals surface area contributed by atoms with Crippen molar-refractivity contribution in [3.63, 3.8) is 0 Å². The van der Waals surface area contributed by atoms with Gasteiger partial charge in [0.25, 0.3) is 0 Å². The highest BCUT2D eigenvalue weighted by atomic mass is 35.5. The maximum absolute atomic E-state index is 5.99. The Bertz CT molecular complexity index is 460. The van der Waals surface area contributed by atoms with Gasteiger partial charge in [0.15, 0.2) is 10.3 Å². The Balaban J connectivity index is 2.41. The Morgan fingerprint density at radius 1 is 1.20 bits per heavy atom. The topological polar surface area (TPSA) is 17.8 Å². The fourth-order valence-electron chi connectivity index (χ4n) is 1.38. The maximum atomic E-state index is 5.99. The van der Waals surface area contributed by atoms with E-state index in [-0.39, 0.29) is 0 Å². The molecule has 0 saturated heterocycles. The smallest absolute Gasteiger partial charge is 0.166 e. The van der Waals surface area contributed by atoms with Gasteiger partial charge in [-0.2, -0.15) is 0 Å². The van der Waals surface area contributed by atoms with Crippen molar-refractivity contribution in [3.05, 3.63) is 46.5 Å². The molecular weight excluding hydrogens is 231 g/mol. The number of hydrogen-bond donors (Lipinski definition) is 0. The monoisotopic (exact) mass is 240 g/mol. The lowest BCUT2D eigenvalue weighted by Gasteiger charge is -2.04. The molecular formula is C11H10Cl2N2. The van der Waals surface area contributed by atoms with Gasteiger partial charge >= 0.3 is 0 Å². The Morgan fingerprint density at radius 3 is 2.33 bits per heavy atom. The van der Waals surface area contributed by atoms with Gasteiger partial charge in [0.05, 0.1) is 0 Å². The lowest BCUT2D eigenvalue weighted by molar-refractivity contribution is 1.05. The summed E-state index contributed by atoms with van der Waals surface area (Å²) in [5.74, 6) is 0. The van der Waals surface area contributed by atoms with Crippen LogP contribution in [0.5, 0.6) is 0 Å². The molecule has 1 aromatic heterocycles. The molecule has 0 radical (unpaired) electrons. The van der Waals surface area contributed by atoms with Crippen molar-refractivity contribution in [2.24, 2.45) is 0 Å². The van der Waals surface area contributed by atoms with E-state index in [1.165, 1.54) is 5.56 Å². The van der Waals surface area contributed by atoms with Crippen LogP contribution in [0.3, 0.4) is 0 Å². The second-order valence-electron chi connectivity index (χ2n) is 3.22. The Kier molecular flexibility index (Phi) is 2.98. The van der Waals surface area contributed by atoms with E-state index < -0.39 is 0 Å². The summed E-state index contributed by atoms with van der Waals surface area (Å²) in [6.45, 7) is 2.12. The zero-order chi connectivity index (χ0) is 10.8. The minimum absolute atomic E-state index is 0.330. The molecule has 0 unspecified atom stereocenters. The molecule has 0 atom stereocenters. The van der Waals surface area contributed by atoms with Crippen LogP contribution in [0.25, 0.3) is 5.69 Å². The minimum atomic E-state index is 0.330. The van der Waals surface area contributed by atoms with Crippen LogP contribution in [0.2, 0.25) is 10.3 Å². The lowest BCUT2D eigenvalue weighted by atomic mass is 10.1. The molecule has 78 valence electrons. The molecule has 0 fully saturated rings. The molecule has 0 N–H and O–H groups in total. The fraction of sp³-hybridized carbons (Fsp3) is 0.182. The third-order valence-corrected chi connectivity index (χ3v) is 3.03. The van der Waals surface area contributed by atoms with E-state index in [0.29, 0.717) is 10.3 Å². The number of halogens is 2. The van der Waals surface area contributed by atoms with E-state index in [9.17, 15) is 0 Å². The summed E-state index contributed by atoms with van der Waals surface area (Å²) in [5.41, 5.74) is 2.26. The predicted molar refractivity (Wildman–Crippen MR) is 63.0 cm³/mol. The normalized spacial score (nSPS) is 10.6. The van der Waals surface area contributed by atoms with Gasteiger partial charge < -0.3 is 0 Å². The number of rotatable bonds is 2. The number of nitrogens with zero attached hydrogens (tertiary/aromatic N) is 2. The molecule has 0 amide bonds. The summed E-state index contributed by atoms with van der Waals surface area (Å²) in [4.78, 5) is 3.93. The highest BCUT2D eigenvalue weighted by Gasteiger charge is 2.07. The van der Waals surface area contributed by atoms with Crippen molar-refractivity contribution < 1.29 is 0 Å². The summed E-state index contributed by atoms with van der Waals surface area (Å²) < 4.78 is 1.75. The molecule has 0 aliphatic heterocycles. The van der Waals surface area contributed by atoms with Crippen LogP contribution in [0.4, 0.5) is 0 Å². The first-order valence-electron chi connectivity index (χ1n) is 4.70. The first-order chi connectivity index (χ1) is 7.22. The van der Waals surface area contributed by atoms with Crippen LogP contribution in [0.1, 0.15) is 12.5 Å². The zero-order valence-corrected chi connectivity index (χ0v) is 9.76.